The highest BCUT2D eigenvalue weighted by Crippen LogP contribution is 2.23. The highest BCUT2D eigenvalue weighted by molar-refractivity contribution is 6.31. The highest BCUT2D eigenvalue weighted by atomic mass is 35.5. The van der Waals surface area contributed by atoms with E-state index in [2.05, 4.69) is 19.2 Å². The van der Waals surface area contributed by atoms with Crippen molar-refractivity contribution in [1.29, 1.82) is 0 Å². The van der Waals surface area contributed by atoms with E-state index in [0.717, 1.165) is 18.2 Å². The average Bonchev–Trinajstić information content (AvgIpc) is 2.90. The first-order chi connectivity index (χ1) is 10.1. The summed E-state index contributed by atoms with van der Waals surface area (Å²) in [5.74, 6) is 0.725. The fourth-order valence-electron chi connectivity index (χ4n) is 2.39. The van der Waals surface area contributed by atoms with Crippen LogP contribution in [-0.2, 0) is 0 Å². The minimum atomic E-state index is -0.155. The Kier molecular flexibility index (Phi) is 5.68. The first-order valence-corrected chi connectivity index (χ1v) is 7.99. The Morgan fingerprint density at radius 1 is 1.33 bits per heavy atom. The van der Waals surface area contributed by atoms with E-state index in [-0.39, 0.29) is 5.91 Å². The van der Waals surface area contributed by atoms with Crippen molar-refractivity contribution >= 4 is 28.5 Å². The fraction of sp³-hybridized carbons (Fsp3) is 0.471. The van der Waals surface area contributed by atoms with Crippen LogP contribution in [0.15, 0.2) is 28.7 Å². The van der Waals surface area contributed by atoms with E-state index in [9.17, 15) is 4.79 Å². The summed E-state index contributed by atoms with van der Waals surface area (Å²) in [5, 5.41) is 4.46. The molecule has 0 saturated carbocycles. The number of furan rings is 1. The molecule has 4 heteroatoms. The van der Waals surface area contributed by atoms with E-state index in [1.54, 1.807) is 24.3 Å². The molecule has 3 nitrogen and oxygen atoms in total. The molecule has 114 valence electrons. The molecule has 0 radical (unpaired) electrons. The molecule has 1 amide bonds. The number of carbonyl (C=O) groups excluding carboxylic acids is 1. The van der Waals surface area contributed by atoms with Gasteiger partial charge in [0.05, 0.1) is 0 Å². The number of halogens is 1. The molecule has 0 aliphatic heterocycles. The Morgan fingerprint density at radius 2 is 2.14 bits per heavy atom. The van der Waals surface area contributed by atoms with Crippen LogP contribution in [0, 0.1) is 5.92 Å². The smallest absolute Gasteiger partial charge is 0.287 e. The molecule has 21 heavy (non-hydrogen) atoms. The summed E-state index contributed by atoms with van der Waals surface area (Å²) in [4.78, 5) is 12.2. The van der Waals surface area contributed by atoms with Gasteiger partial charge in [0, 0.05) is 17.0 Å². The molecule has 0 bridgehead atoms. The molecule has 1 aromatic carbocycles. The van der Waals surface area contributed by atoms with E-state index in [1.807, 2.05) is 0 Å². The third kappa shape index (κ3) is 4.24. The molecule has 1 atom stereocenters. The maximum atomic E-state index is 12.2. The summed E-state index contributed by atoms with van der Waals surface area (Å²) in [6, 6.07) is 7.08. The second-order valence-electron chi connectivity index (χ2n) is 5.42. The zero-order chi connectivity index (χ0) is 15.2. The maximum Gasteiger partial charge on any atom is 0.287 e. The van der Waals surface area contributed by atoms with Gasteiger partial charge in [0.2, 0.25) is 0 Å². The summed E-state index contributed by atoms with van der Waals surface area (Å²) in [7, 11) is 0. The number of benzene rings is 1. The van der Waals surface area contributed by atoms with Crippen molar-refractivity contribution in [3.8, 4) is 0 Å². The maximum absolute atomic E-state index is 12.2. The van der Waals surface area contributed by atoms with Crippen LogP contribution >= 0.6 is 11.6 Å². The monoisotopic (exact) mass is 307 g/mol. The van der Waals surface area contributed by atoms with E-state index >= 15 is 0 Å². The predicted octanol–water partition coefficient (Wildman–Crippen LogP) is 5.03. The summed E-state index contributed by atoms with van der Waals surface area (Å²) in [5.41, 5.74) is 0.683. The molecule has 1 unspecified atom stereocenters. The fourth-order valence-corrected chi connectivity index (χ4v) is 2.57. The lowest BCUT2D eigenvalue weighted by atomic mass is 9.99. The van der Waals surface area contributed by atoms with Crippen molar-refractivity contribution in [2.45, 2.75) is 39.5 Å². The van der Waals surface area contributed by atoms with Crippen LogP contribution in [0.4, 0.5) is 0 Å². The molecule has 2 rings (SSSR count). The van der Waals surface area contributed by atoms with Crippen molar-refractivity contribution in [3.05, 3.63) is 35.0 Å². The third-order valence-electron chi connectivity index (χ3n) is 3.80. The Labute approximate surface area is 130 Å². The molecule has 0 spiro atoms. The van der Waals surface area contributed by atoms with Crippen LogP contribution in [0.25, 0.3) is 11.0 Å². The molecule has 0 fully saturated rings. The molecule has 0 aliphatic rings. The summed E-state index contributed by atoms with van der Waals surface area (Å²) in [6.07, 6.45) is 4.63. The van der Waals surface area contributed by atoms with Gasteiger partial charge < -0.3 is 9.73 Å². The van der Waals surface area contributed by atoms with E-state index < -0.39 is 0 Å². The van der Waals surface area contributed by atoms with E-state index in [0.29, 0.717) is 28.8 Å². The summed E-state index contributed by atoms with van der Waals surface area (Å²) in [6.45, 7) is 5.05. The molecule has 0 aliphatic carbocycles. The number of carbonyl (C=O) groups is 1. The molecule has 2 aromatic rings. The number of hydrogen-bond acceptors (Lipinski definition) is 2. The van der Waals surface area contributed by atoms with Crippen LogP contribution in [0.1, 0.15) is 50.1 Å². The van der Waals surface area contributed by atoms with E-state index in [4.69, 9.17) is 16.0 Å². The minimum Gasteiger partial charge on any atom is -0.451 e. The molecular formula is C17H22ClNO2. The number of unbranched alkanes of at least 4 members (excludes halogenated alkanes) is 1. The lowest BCUT2D eigenvalue weighted by molar-refractivity contribution is 0.0920. The van der Waals surface area contributed by atoms with Crippen LogP contribution in [0.2, 0.25) is 5.02 Å². The van der Waals surface area contributed by atoms with Gasteiger partial charge in [0.15, 0.2) is 5.76 Å². The van der Waals surface area contributed by atoms with Crippen molar-refractivity contribution in [2.24, 2.45) is 5.92 Å². The van der Waals surface area contributed by atoms with Gasteiger partial charge >= 0.3 is 0 Å². The summed E-state index contributed by atoms with van der Waals surface area (Å²) >= 11 is 5.94. The first kappa shape index (κ1) is 15.9. The number of rotatable bonds is 7. The van der Waals surface area contributed by atoms with Crippen LogP contribution in [0.5, 0.6) is 0 Å². The minimum absolute atomic E-state index is 0.155. The Morgan fingerprint density at radius 3 is 2.86 bits per heavy atom. The Hall–Kier alpha value is -1.48. The van der Waals surface area contributed by atoms with Gasteiger partial charge in [-0.05, 0) is 36.6 Å². The molecular weight excluding hydrogens is 286 g/mol. The van der Waals surface area contributed by atoms with Crippen LogP contribution < -0.4 is 5.32 Å². The molecule has 1 heterocycles. The van der Waals surface area contributed by atoms with Gasteiger partial charge in [-0.1, -0.05) is 44.7 Å². The van der Waals surface area contributed by atoms with Gasteiger partial charge in [0.25, 0.3) is 5.91 Å². The van der Waals surface area contributed by atoms with Crippen molar-refractivity contribution in [1.82, 2.24) is 5.32 Å². The standard InChI is InChI=1S/C17H22ClNO2/c1-3-5-6-12(4-2)11-19-17(20)16-10-13-9-14(18)7-8-15(13)21-16/h7-10,12H,3-6,11H2,1-2H3,(H,19,20). The zero-order valence-electron chi connectivity index (χ0n) is 12.6. The molecule has 1 aromatic heterocycles. The second-order valence-corrected chi connectivity index (χ2v) is 5.86. The lowest BCUT2D eigenvalue weighted by Gasteiger charge is -2.14. The third-order valence-corrected chi connectivity index (χ3v) is 4.03. The molecule has 0 saturated heterocycles. The SMILES string of the molecule is CCCCC(CC)CNC(=O)c1cc2cc(Cl)ccc2o1. The van der Waals surface area contributed by atoms with Crippen molar-refractivity contribution in [3.63, 3.8) is 0 Å². The van der Waals surface area contributed by atoms with Gasteiger partial charge in [0.1, 0.15) is 5.58 Å². The largest absolute Gasteiger partial charge is 0.451 e. The number of hydrogen-bond donors (Lipinski definition) is 1. The zero-order valence-corrected chi connectivity index (χ0v) is 13.4. The van der Waals surface area contributed by atoms with Gasteiger partial charge in [-0.3, -0.25) is 4.79 Å². The Balaban J connectivity index is 1.98. The topological polar surface area (TPSA) is 42.2 Å². The van der Waals surface area contributed by atoms with Crippen LogP contribution in [0.3, 0.4) is 0 Å². The average molecular weight is 308 g/mol. The number of nitrogens with one attached hydrogen (secondary N) is 1. The van der Waals surface area contributed by atoms with Crippen molar-refractivity contribution in [2.75, 3.05) is 6.54 Å². The predicted molar refractivity (Wildman–Crippen MR) is 86.9 cm³/mol. The van der Waals surface area contributed by atoms with Gasteiger partial charge in [-0.15, -0.1) is 0 Å². The van der Waals surface area contributed by atoms with Gasteiger partial charge in [-0.2, -0.15) is 0 Å². The molecule has 1 N–H and O–H groups in total. The first-order valence-electron chi connectivity index (χ1n) is 7.61. The Bertz CT molecular complexity index is 606. The second kappa shape index (κ2) is 7.51. The number of fused-ring (bicyclic) bond motifs is 1. The van der Waals surface area contributed by atoms with Crippen molar-refractivity contribution < 1.29 is 9.21 Å². The summed E-state index contributed by atoms with van der Waals surface area (Å²) < 4.78 is 5.56. The quantitative estimate of drug-likeness (QED) is 0.779. The van der Waals surface area contributed by atoms with Gasteiger partial charge in [-0.25, -0.2) is 0 Å². The van der Waals surface area contributed by atoms with E-state index in [1.165, 1.54) is 12.8 Å². The highest BCUT2D eigenvalue weighted by Gasteiger charge is 2.14. The van der Waals surface area contributed by atoms with Crippen LogP contribution in [-0.4, -0.2) is 12.5 Å². The number of amides is 1. The lowest BCUT2D eigenvalue weighted by Crippen LogP contribution is -2.28. The normalized spacial score (nSPS) is 12.5.